The number of thiazole rings is 1. The Morgan fingerprint density at radius 2 is 2.11 bits per heavy atom. The number of carbonyl (C=O) groups is 1. The highest BCUT2D eigenvalue weighted by atomic mass is 32.1. The first-order valence-corrected chi connectivity index (χ1v) is 8.27. The Morgan fingerprint density at radius 3 is 2.79 bits per heavy atom. The lowest BCUT2D eigenvalue weighted by molar-refractivity contribution is 0.0946. The predicted molar refractivity (Wildman–Crippen MR) is 79.8 cm³/mol. The van der Waals surface area contributed by atoms with Gasteiger partial charge < -0.3 is 5.32 Å². The molecule has 1 fully saturated rings. The minimum atomic E-state index is 0.0830. The molecule has 0 aliphatic heterocycles. The van der Waals surface area contributed by atoms with Crippen LogP contribution in [0.3, 0.4) is 0 Å². The van der Waals surface area contributed by atoms with Crippen molar-refractivity contribution in [1.82, 2.24) is 10.3 Å². The van der Waals surface area contributed by atoms with E-state index in [4.69, 9.17) is 0 Å². The van der Waals surface area contributed by atoms with Gasteiger partial charge in [0.15, 0.2) is 0 Å². The standard InChI is InChI=1S/C15H24N2OS/c1-3-7-13-14(19-11(2)17-13)15(18)16-10-12-8-5-4-6-9-12/h12H,3-10H2,1-2H3,(H,16,18). The van der Waals surface area contributed by atoms with Gasteiger partial charge in [0.1, 0.15) is 4.88 Å². The molecule has 1 amide bonds. The van der Waals surface area contributed by atoms with Crippen LogP contribution >= 0.6 is 11.3 Å². The molecule has 0 saturated heterocycles. The van der Waals surface area contributed by atoms with Gasteiger partial charge in [-0.1, -0.05) is 32.6 Å². The Morgan fingerprint density at radius 1 is 1.37 bits per heavy atom. The minimum Gasteiger partial charge on any atom is -0.351 e. The third-order valence-electron chi connectivity index (χ3n) is 3.77. The average molecular weight is 280 g/mol. The van der Waals surface area contributed by atoms with Gasteiger partial charge in [-0.05, 0) is 32.1 Å². The molecule has 3 nitrogen and oxygen atoms in total. The number of hydrogen-bond acceptors (Lipinski definition) is 3. The Balaban J connectivity index is 1.91. The highest BCUT2D eigenvalue weighted by Gasteiger charge is 2.18. The van der Waals surface area contributed by atoms with E-state index in [1.165, 1.54) is 43.4 Å². The second-order valence-corrected chi connectivity index (χ2v) is 6.68. The van der Waals surface area contributed by atoms with Crippen molar-refractivity contribution in [2.24, 2.45) is 5.92 Å². The first-order valence-electron chi connectivity index (χ1n) is 7.45. The van der Waals surface area contributed by atoms with Gasteiger partial charge in [-0.25, -0.2) is 4.98 Å². The lowest BCUT2D eigenvalue weighted by Gasteiger charge is -2.21. The maximum Gasteiger partial charge on any atom is 0.263 e. The maximum absolute atomic E-state index is 12.3. The maximum atomic E-state index is 12.3. The summed E-state index contributed by atoms with van der Waals surface area (Å²) >= 11 is 1.53. The van der Waals surface area contributed by atoms with Crippen LogP contribution in [0.25, 0.3) is 0 Å². The van der Waals surface area contributed by atoms with Crippen LogP contribution in [0.2, 0.25) is 0 Å². The van der Waals surface area contributed by atoms with E-state index in [0.717, 1.165) is 35.0 Å². The number of hydrogen-bond donors (Lipinski definition) is 1. The molecule has 4 heteroatoms. The smallest absolute Gasteiger partial charge is 0.263 e. The summed E-state index contributed by atoms with van der Waals surface area (Å²) in [5.74, 6) is 0.765. The molecule has 1 N–H and O–H groups in total. The second-order valence-electron chi connectivity index (χ2n) is 5.47. The summed E-state index contributed by atoms with van der Waals surface area (Å²) in [5.41, 5.74) is 0.978. The molecule has 0 atom stereocenters. The van der Waals surface area contributed by atoms with E-state index in [2.05, 4.69) is 17.2 Å². The van der Waals surface area contributed by atoms with Crippen molar-refractivity contribution < 1.29 is 4.79 Å². The monoisotopic (exact) mass is 280 g/mol. The van der Waals surface area contributed by atoms with Crippen molar-refractivity contribution in [2.45, 2.75) is 58.8 Å². The van der Waals surface area contributed by atoms with Crippen molar-refractivity contribution in [2.75, 3.05) is 6.54 Å². The Labute approximate surface area is 119 Å². The summed E-state index contributed by atoms with van der Waals surface area (Å²) in [7, 11) is 0. The summed E-state index contributed by atoms with van der Waals surface area (Å²) in [6, 6.07) is 0. The first-order chi connectivity index (χ1) is 9.20. The van der Waals surface area contributed by atoms with E-state index in [-0.39, 0.29) is 5.91 Å². The third kappa shape index (κ3) is 4.03. The molecule has 0 spiro atoms. The molecule has 106 valence electrons. The van der Waals surface area contributed by atoms with E-state index in [1.54, 1.807) is 0 Å². The normalized spacial score (nSPS) is 16.5. The first kappa shape index (κ1) is 14.5. The molecular weight excluding hydrogens is 256 g/mol. The van der Waals surface area contributed by atoms with E-state index in [9.17, 15) is 4.79 Å². The van der Waals surface area contributed by atoms with Gasteiger partial charge >= 0.3 is 0 Å². The lowest BCUT2D eigenvalue weighted by atomic mass is 9.89. The van der Waals surface area contributed by atoms with Crippen molar-refractivity contribution in [3.63, 3.8) is 0 Å². The summed E-state index contributed by atoms with van der Waals surface area (Å²) in [5, 5.41) is 4.10. The molecule has 19 heavy (non-hydrogen) atoms. The lowest BCUT2D eigenvalue weighted by Crippen LogP contribution is -2.30. The fourth-order valence-corrected chi connectivity index (χ4v) is 3.64. The minimum absolute atomic E-state index is 0.0830. The SMILES string of the molecule is CCCc1nc(C)sc1C(=O)NCC1CCCCC1. The predicted octanol–water partition coefficient (Wildman–Crippen LogP) is 3.71. The van der Waals surface area contributed by atoms with Crippen molar-refractivity contribution in [1.29, 1.82) is 0 Å². The fraction of sp³-hybridized carbons (Fsp3) is 0.733. The van der Waals surface area contributed by atoms with Crippen LogP contribution in [0.4, 0.5) is 0 Å². The fourth-order valence-electron chi connectivity index (χ4n) is 2.76. The molecular formula is C15H24N2OS. The number of carbonyl (C=O) groups excluding carboxylic acids is 1. The van der Waals surface area contributed by atoms with Gasteiger partial charge in [0.05, 0.1) is 10.7 Å². The molecule has 0 aromatic carbocycles. The molecule has 1 aliphatic carbocycles. The van der Waals surface area contributed by atoms with Crippen molar-refractivity contribution in [3.05, 3.63) is 15.6 Å². The van der Waals surface area contributed by atoms with Gasteiger partial charge in [-0.3, -0.25) is 4.79 Å². The van der Waals surface area contributed by atoms with Gasteiger partial charge in [-0.2, -0.15) is 0 Å². The van der Waals surface area contributed by atoms with Gasteiger partial charge in [0, 0.05) is 6.54 Å². The number of rotatable bonds is 5. The topological polar surface area (TPSA) is 42.0 Å². The van der Waals surface area contributed by atoms with Crippen LogP contribution in [0, 0.1) is 12.8 Å². The Hall–Kier alpha value is -0.900. The highest BCUT2D eigenvalue weighted by molar-refractivity contribution is 7.13. The molecule has 2 rings (SSSR count). The largest absolute Gasteiger partial charge is 0.351 e. The third-order valence-corrected chi connectivity index (χ3v) is 4.79. The zero-order valence-corrected chi connectivity index (χ0v) is 12.8. The molecule has 0 bridgehead atoms. The number of aryl methyl sites for hydroxylation is 2. The molecule has 1 aromatic rings. The average Bonchev–Trinajstić information content (AvgIpc) is 2.79. The van der Waals surface area contributed by atoms with Crippen LogP contribution in [0.5, 0.6) is 0 Å². The number of nitrogens with zero attached hydrogens (tertiary/aromatic N) is 1. The van der Waals surface area contributed by atoms with E-state index in [1.807, 2.05) is 6.92 Å². The van der Waals surface area contributed by atoms with Gasteiger partial charge in [-0.15, -0.1) is 11.3 Å². The van der Waals surface area contributed by atoms with Crippen LogP contribution in [0.1, 0.15) is 65.8 Å². The molecule has 0 radical (unpaired) electrons. The van der Waals surface area contributed by atoms with E-state index >= 15 is 0 Å². The molecule has 0 unspecified atom stereocenters. The van der Waals surface area contributed by atoms with Crippen molar-refractivity contribution >= 4 is 17.2 Å². The van der Waals surface area contributed by atoms with Gasteiger partial charge in [0.25, 0.3) is 5.91 Å². The van der Waals surface area contributed by atoms with Gasteiger partial charge in [0.2, 0.25) is 0 Å². The number of nitrogens with one attached hydrogen (secondary N) is 1. The molecule has 1 aromatic heterocycles. The highest BCUT2D eigenvalue weighted by Crippen LogP contribution is 2.23. The molecule has 1 aliphatic rings. The summed E-state index contributed by atoms with van der Waals surface area (Å²) in [4.78, 5) is 17.6. The van der Waals surface area contributed by atoms with Crippen molar-refractivity contribution in [3.8, 4) is 0 Å². The van der Waals surface area contributed by atoms with E-state index in [0.29, 0.717) is 5.92 Å². The molecule has 1 saturated carbocycles. The Bertz CT molecular complexity index is 422. The summed E-state index contributed by atoms with van der Waals surface area (Å²) in [6.45, 7) is 4.93. The second kappa shape index (κ2) is 7.04. The van der Waals surface area contributed by atoms with Crippen LogP contribution in [-0.2, 0) is 6.42 Å². The summed E-state index contributed by atoms with van der Waals surface area (Å²) < 4.78 is 0. The summed E-state index contributed by atoms with van der Waals surface area (Å²) in [6.07, 6.45) is 8.47. The zero-order chi connectivity index (χ0) is 13.7. The van der Waals surface area contributed by atoms with Crippen LogP contribution in [-0.4, -0.2) is 17.4 Å². The zero-order valence-electron chi connectivity index (χ0n) is 12.0. The quantitative estimate of drug-likeness (QED) is 0.893. The molecule has 1 heterocycles. The number of amides is 1. The number of aromatic nitrogens is 1. The van der Waals surface area contributed by atoms with Crippen LogP contribution < -0.4 is 5.32 Å². The van der Waals surface area contributed by atoms with E-state index < -0.39 is 0 Å². The Kier molecular flexibility index (Phi) is 5.37. The van der Waals surface area contributed by atoms with Crippen LogP contribution in [0.15, 0.2) is 0 Å².